The molecule has 2 heterocycles. The number of aromatic nitrogens is 2. The zero-order valence-electron chi connectivity index (χ0n) is 15.2. The van der Waals surface area contributed by atoms with Crippen LogP contribution >= 0.6 is 0 Å². The fraction of sp³-hybridized carbons (Fsp3) is 0.333. The van der Waals surface area contributed by atoms with Crippen molar-refractivity contribution in [3.05, 3.63) is 54.2 Å². The lowest BCUT2D eigenvalue weighted by Crippen LogP contribution is -2.21. The summed E-state index contributed by atoms with van der Waals surface area (Å²) in [6.07, 6.45) is 4.16. The normalized spacial score (nSPS) is 16.8. The van der Waals surface area contributed by atoms with Gasteiger partial charge in [-0.25, -0.2) is 0 Å². The first-order valence-corrected chi connectivity index (χ1v) is 8.94. The predicted molar refractivity (Wildman–Crippen MR) is 103 cm³/mol. The predicted octanol–water partition coefficient (Wildman–Crippen LogP) is 3.72. The van der Waals surface area contributed by atoms with Crippen LogP contribution in [-0.4, -0.2) is 37.5 Å². The van der Waals surface area contributed by atoms with E-state index in [-0.39, 0.29) is 0 Å². The number of nitrogens with zero attached hydrogens (tertiary/aromatic N) is 3. The summed E-state index contributed by atoms with van der Waals surface area (Å²) in [5, 5.41) is 9.53. The molecule has 0 spiro atoms. The van der Waals surface area contributed by atoms with E-state index in [0.29, 0.717) is 17.4 Å². The van der Waals surface area contributed by atoms with Gasteiger partial charge in [0.2, 0.25) is 0 Å². The Morgan fingerprint density at radius 3 is 2.62 bits per heavy atom. The van der Waals surface area contributed by atoms with Crippen molar-refractivity contribution in [1.82, 2.24) is 10.2 Å². The number of rotatable bonds is 5. The van der Waals surface area contributed by atoms with Crippen LogP contribution < -0.4 is 14.4 Å². The Bertz CT molecular complexity index is 898. The maximum atomic E-state index is 5.47. The number of ether oxygens (including phenoxy) is 2. The molecule has 1 atom stereocenters. The molecule has 5 heteroatoms. The molecule has 0 radical (unpaired) electrons. The zero-order chi connectivity index (χ0) is 17.9. The summed E-state index contributed by atoms with van der Waals surface area (Å²) in [7, 11) is 3.29. The van der Waals surface area contributed by atoms with Crippen molar-refractivity contribution < 1.29 is 9.47 Å². The Hall–Kier alpha value is -2.82. The topological polar surface area (TPSA) is 47.5 Å². The van der Waals surface area contributed by atoms with E-state index in [1.165, 1.54) is 12.0 Å². The van der Waals surface area contributed by atoms with Gasteiger partial charge in [-0.3, -0.25) is 0 Å². The number of hydrogen-bond donors (Lipinski definition) is 0. The molecule has 1 aliphatic rings. The average Bonchev–Trinajstić information content (AvgIpc) is 3.15. The lowest BCUT2D eigenvalue weighted by Gasteiger charge is -2.20. The highest BCUT2D eigenvalue weighted by molar-refractivity contribution is 5.93. The molecule has 1 aliphatic heterocycles. The Morgan fingerprint density at radius 1 is 1.08 bits per heavy atom. The molecule has 0 saturated carbocycles. The van der Waals surface area contributed by atoms with Gasteiger partial charge >= 0.3 is 0 Å². The second-order valence-electron chi connectivity index (χ2n) is 6.74. The molecule has 3 aromatic rings. The third-order valence-corrected chi connectivity index (χ3v) is 5.12. The lowest BCUT2D eigenvalue weighted by molar-refractivity contribution is 0.355. The SMILES string of the molecule is COc1cc2nncc(N3CCC(Cc4ccccc4)C3)c2cc1OC. The molecule has 2 aromatic carbocycles. The van der Waals surface area contributed by atoms with E-state index in [1.807, 2.05) is 18.3 Å². The Balaban J connectivity index is 1.61. The van der Waals surface area contributed by atoms with Crippen LogP contribution in [0.15, 0.2) is 48.7 Å². The second-order valence-corrected chi connectivity index (χ2v) is 6.74. The van der Waals surface area contributed by atoms with Gasteiger partial charge in [0.25, 0.3) is 0 Å². The molecule has 5 nitrogen and oxygen atoms in total. The minimum absolute atomic E-state index is 0.653. The average molecular weight is 349 g/mol. The van der Waals surface area contributed by atoms with Crippen molar-refractivity contribution in [2.75, 3.05) is 32.2 Å². The molecular formula is C21H23N3O2. The van der Waals surface area contributed by atoms with E-state index in [0.717, 1.165) is 36.1 Å². The molecule has 1 unspecified atom stereocenters. The van der Waals surface area contributed by atoms with Crippen LogP contribution in [0.25, 0.3) is 10.9 Å². The minimum atomic E-state index is 0.653. The van der Waals surface area contributed by atoms with Crippen molar-refractivity contribution in [3.8, 4) is 11.5 Å². The molecule has 0 aliphatic carbocycles. The summed E-state index contributed by atoms with van der Waals surface area (Å²) in [6.45, 7) is 2.07. The lowest BCUT2D eigenvalue weighted by atomic mass is 9.99. The number of benzene rings is 2. The fourth-order valence-corrected chi connectivity index (χ4v) is 3.79. The van der Waals surface area contributed by atoms with Crippen LogP contribution in [0.4, 0.5) is 5.69 Å². The van der Waals surface area contributed by atoms with E-state index < -0.39 is 0 Å². The van der Waals surface area contributed by atoms with Crippen LogP contribution in [0.3, 0.4) is 0 Å². The molecular weight excluding hydrogens is 326 g/mol. The van der Waals surface area contributed by atoms with E-state index in [9.17, 15) is 0 Å². The number of hydrogen-bond acceptors (Lipinski definition) is 5. The molecule has 1 fully saturated rings. The number of anilines is 1. The van der Waals surface area contributed by atoms with Gasteiger partial charge in [0, 0.05) is 24.5 Å². The summed E-state index contributed by atoms with van der Waals surface area (Å²) in [6, 6.07) is 14.6. The number of methoxy groups -OCH3 is 2. The van der Waals surface area contributed by atoms with Crippen LogP contribution in [0.5, 0.6) is 11.5 Å². The van der Waals surface area contributed by atoms with Gasteiger partial charge < -0.3 is 14.4 Å². The summed E-state index contributed by atoms with van der Waals surface area (Å²) in [5.41, 5.74) is 3.35. The van der Waals surface area contributed by atoms with Gasteiger partial charge in [-0.05, 0) is 30.4 Å². The Morgan fingerprint density at radius 2 is 1.85 bits per heavy atom. The summed E-state index contributed by atoms with van der Waals surface area (Å²) in [4.78, 5) is 2.41. The molecule has 26 heavy (non-hydrogen) atoms. The minimum Gasteiger partial charge on any atom is -0.493 e. The van der Waals surface area contributed by atoms with Crippen LogP contribution in [0, 0.1) is 5.92 Å². The molecule has 0 bridgehead atoms. The van der Waals surface area contributed by atoms with Crippen molar-refractivity contribution in [2.45, 2.75) is 12.8 Å². The monoisotopic (exact) mass is 349 g/mol. The van der Waals surface area contributed by atoms with Gasteiger partial charge in [0.1, 0.15) is 0 Å². The van der Waals surface area contributed by atoms with E-state index in [4.69, 9.17) is 9.47 Å². The number of fused-ring (bicyclic) bond motifs is 1. The molecule has 0 N–H and O–H groups in total. The molecule has 4 rings (SSSR count). The van der Waals surface area contributed by atoms with E-state index in [2.05, 4.69) is 45.4 Å². The first-order valence-electron chi connectivity index (χ1n) is 8.94. The van der Waals surface area contributed by atoms with Gasteiger partial charge in [-0.15, -0.1) is 0 Å². The first-order chi connectivity index (χ1) is 12.8. The summed E-state index contributed by atoms with van der Waals surface area (Å²) < 4.78 is 10.9. The second kappa shape index (κ2) is 7.20. The summed E-state index contributed by atoms with van der Waals surface area (Å²) in [5.74, 6) is 2.05. The Labute approximate surface area is 153 Å². The third kappa shape index (κ3) is 3.17. The van der Waals surface area contributed by atoms with E-state index in [1.54, 1.807) is 14.2 Å². The van der Waals surface area contributed by atoms with Crippen molar-refractivity contribution in [2.24, 2.45) is 5.92 Å². The highest BCUT2D eigenvalue weighted by Gasteiger charge is 2.25. The highest BCUT2D eigenvalue weighted by Crippen LogP contribution is 2.36. The van der Waals surface area contributed by atoms with Gasteiger partial charge in [-0.2, -0.15) is 10.2 Å². The van der Waals surface area contributed by atoms with Crippen LogP contribution in [0.2, 0.25) is 0 Å². The molecule has 0 amide bonds. The van der Waals surface area contributed by atoms with Crippen molar-refractivity contribution in [1.29, 1.82) is 0 Å². The smallest absolute Gasteiger partial charge is 0.162 e. The van der Waals surface area contributed by atoms with Crippen molar-refractivity contribution >= 4 is 16.6 Å². The maximum Gasteiger partial charge on any atom is 0.162 e. The van der Waals surface area contributed by atoms with Crippen LogP contribution in [0.1, 0.15) is 12.0 Å². The van der Waals surface area contributed by atoms with Gasteiger partial charge in [-0.1, -0.05) is 30.3 Å². The largest absolute Gasteiger partial charge is 0.493 e. The van der Waals surface area contributed by atoms with Gasteiger partial charge in [0.05, 0.1) is 31.6 Å². The van der Waals surface area contributed by atoms with Gasteiger partial charge in [0.15, 0.2) is 11.5 Å². The quantitative estimate of drug-likeness (QED) is 0.703. The highest BCUT2D eigenvalue weighted by atomic mass is 16.5. The molecule has 1 saturated heterocycles. The molecule has 1 aromatic heterocycles. The fourth-order valence-electron chi connectivity index (χ4n) is 3.79. The standard InChI is InChI=1S/C21H23N3O2/c1-25-20-11-17-18(12-21(20)26-2)23-22-13-19(17)24-9-8-16(14-24)10-15-6-4-3-5-7-15/h3-7,11-13,16H,8-10,14H2,1-2H3. The van der Waals surface area contributed by atoms with Crippen molar-refractivity contribution in [3.63, 3.8) is 0 Å². The first kappa shape index (κ1) is 16.6. The Kier molecular flexibility index (Phi) is 4.61. The molecule has 134 valence electrons. The zero-order valence-corrected chi connectivity index (χ0v) is 15.2. The van der Waals surface area contributed by atoms with E-state index >= 15 is 0 Å². The third-order valence-electron chi connectivity index (χ3n) is 5.12. The maximum absolute atomic E-state index is 5.47. The summed E-state index contributed by atoms with van der Waals surface area (Å²) >= 11 is 0. The van der Waals surface area contributed by atoms with Crippen LogP contribution in [-0.2, 0) is 6.42 Å².